The van der Waals surface area contributed by atoms with Gasteiger partial charge in [0.05, 0.1) is 23.2 Å². The Kier molecular flexibility index (Phi) is 6.56. The third-order valence-corrected chi connectivity index (χ3v) is 7.19. The van der Waals surface area contributed by atoms with Gasteiger partial charge in [0.15, 0.2) is 5.76 Å². The van der Waals surface area contributed by atoms with Gasteiger partial charge in [-0.1, -0.05) is 37.3 Å². The van der Waals surface area contributed by atoms with Crippen LogP contribution in [0.4, 0.5) is 0 Å². The van der Waals surface area contributed by atoms with Crippen LogP contribution in [0, 0.1) is 13.8 Å². The van der Waals surface area contributed by atoms with Crippen molar-refractivity contribution in [2.24, 2.45) is 5.10 Å². The van der Waals surface area contributed by atoms with Crippen LogP contribution in [-0.2, 0) is 0 Å². The van der Waals surface area contributed by atoms with Crippen molar-refractivity contribution in [3.8, 4) is 23.0 Å². The van der Waals surface area contributed by atoms with E-state index < -0.39 is 0 Å². The zero-order valence-electron chi connectivity index (χ0n) is 23.0. The van der Waals surface area contributed by atoms with E-state index in [2.05, 4.69) is 48.6 Å². The summed E-state index contributed by atoms with van der Waals surface area (Å²) in [5, 5.41) is 6.08. The molecule has 0 spiro atoms. The molecule has 0 N–H and O–H groups in total. The quantitative estimate of drug-likeness (QED) is 0.203. The zero-order valence-corrected chi connectivity index (χ0v) is 23.0. The van der Waals surface area contributed by atoms with E-state index in [1.54, 1.807) is 12.3 Å². The Balaban J connectivity index is 1.41. The highest BCUT2D eigenvalue weighted by Crippen LogP contribution is 2.27. The maximum absolute atomic E-state index is 13.6. The van der Waals surface area contributed by atoms with E-state index in [-0.39, 0.29) is 11.7 Å². The second-order valence-electron chi connectivity index (χ2n) is 9.96. The maximum atomic E-state index is 13.6. The van der Waals surface area contributed by atoms with E-state index in [1.807, 2.05) is 67.6 Å². The molecule has 7 heteroatoms. The summed E-state index contributed by atoms with van der Waals surface area (Å²) in [6.07, 6.45) is 2.83. The van der Waals surface area contributed by atoms with Gasteiger partial charge in [-0.25, -0.2) is 4.98 Å². The molecule has 6 aromatic rings. The number of benzene rings is 3. The maximum Gasteiger partial charge on any atom is 0.282 e. The number of fused-ring (bicyclic) bond motifs is 2. The number of hydrogen-bond donors (Lipinski definition) is 0. The van der Waals surface area contributed by atoms with Crippen molar-refractivity contribution in [2.75, 3.05) is 0 Å². The van der Waals surface area contributed by atoms with Gasteiger partial charge < -0.3 is 13.7 Å². The van der Waals surface area contributed by atoms with Crippen molar-refractivity contribution >= 4 is 28.1 Å². The van der Waals surface area contributed by atoms with E-state index in [0.717, 1.165) is 45.8 Å². The van der Waals surface area contributed by atoms with Crippen molar-refractivity contribution in [2.45, 2.75) is 40.2 Å². The predicted octanol–water partition coefficient (Wildman–Crippen LogP) is 7.28. The van der Waals surface area contributed by atoms with Crippen LogP contribution in [0.1, 0.15) is 37.2 Å². The zero-order chi connectivity index (χ0) is 27.8. The van der Waals surface area contributed by atoms with E-state index in [0.29, 0.717) is 22.5 Å². The number of nitrogens with zero attached hydrogens (tertiary/aromatic N) is 4. The summed E-state index contributed by atoms with van der Waals surface area (Å²) in [4.78, 5) is 18.4. The lowest BCUT2D eigenvalue weighted by molar-refractivity contribution is 0.217. The molecule has 40 heavy (non-hydrogen) atoms. The summed E-state index contributed by atoms with van der Waals surface area (Å²) in [5.74, 6) is 1.68. The van der Waals surface area contributed by atoms with Gasteiger partial charge in [-0.3, -0.25) is 4.79 Å². The molecule has 0 saturated carbocycles. The first kappa shape index (κ1) is 25.4. The standard InChI is InChI=1S/C33H30N4O3/c1-5-22(3)39-27-16-14-26(15-17-27)36-21(2)18-25(23(36)4)20-34-37-32(31-19-24-10-6-9-13-30(24)40-31)35-29-12-8-7-11-28(29)33(37)38/h6-20,22H,5H2,1-4H3/t22-/m1/s1. The molecule has 3 aromatic carbocycles. The lowest BCUT2D eigenvalue weighted by atomic mass is 10.2. The van der Waals surface area contributed by atoms with E-state index >= 15 is 0 Å². The SMILES string of the molecule is CC[C@@H](C)Oc1ccc(-n2c(C)cc(C=Nn3c(-c4cc5ccccc5o4)nc4ccccc4c3=O)c2C)cc1. The van der Waals surface area contributed by atoms with Gasteiger partial charge in [0.1, 0.15) is 11.3 Å². The summed E-state index contributed by atoms with van der Waals surface area (Å²) in [6.45, 7) is 8.27. The lowest BCUT2D eigenvalue weighted by Gasteiger charge is -2.14. The van der Waals surface area contributed by atoms with Crippen LogP contribution in [0.2, 0.25) is 0 Å². The first-order valence-electron chi connectivity index (χ1n) is 13.4. The van der Waals surface area contributed by atoms with Crippen LogP contribution in [0.5, 0.6) is 5.75 Å². The molecule has 3 heterocycles. The summed E-state index contributed by atoms with van der Waals surface area (Å²) in [6, 6.07) is 27.0. The Morgan fingerprint density at radius 3 is 2.52 bits per heavy atom. The molecule has 3 aromatic heterocycles. The molecule has 0 bridgehead atoms. The van der Waals surface area contributed by atoms with Gasteiger partial charge in [0.2, 0.25) is 5.82 Å². The van der Waals surface area contributed by atoms with Crippen molar-refractivity contribution in [1.29, 1.82) is 0 Å². The lowest BCUT2D eigenvalue weighted by Crippen LogP contribution is -2.20. The molecule has 7 nitrogen and oxygen atoms in total. The number of furan rings is 1. The van der Waals surface area contributed by atoms with Crippen LogP contribution < -0.4 is 10.3 Å². The van der Waals surface area contributed by atoms with Gasteiger partial charge in [-0.05, 0) is 81.8 Å². The Bertz CT molecular complexity index is 1890. The summed E-state index contributed by atoms with van der Waals surface area (Å²) >= 11 is 0. The Hall–Kier alpha value is -4.91. The average Bonchev–Trinajstić information content (AvgIpc) is 3.53. The Labute approximate surface area is 232 Å². The molecular formula is C33H30N4O3. The van der Waals surface area contributed by atoms with E-state index in [1.165, 1.54) is 4.68 Å². The highest BCUT2D eigenvalue weighted by atomic mass is 16.5. The Morgan fingerprint density at radius 2 is 1.75 bits per heavy atom. The number of aryl methyl sites for hydroxylation is 1. The third-order valence-electron chi connectivity index (χ3n) is 7.19. The smallest absolute Gasteiger partial charge is 0.282 e. The topological polar surface area (TPSA) is 74.6 Å². The minimum atomic E-state index is -0.261. The molecule has 200 valence electrons. The molecule has 0 unspecified atom stereocenters. The summed E-state index contributed by atoms with van der Waals surface area (Å²) < 4.78 is 15.5. The molecule has 0 radical (unpaired) electrons. The fourth-order valence-electron chi connectivity index (χ4n) is 4.91. The summed E-state index contributed by atoms with van der Waals surface area (Å²) in [7, 11) is 0. The van der Waals surface area contributed by atoms with Gasteiger partial charge in [0, 0.05) is 28.0 Å². The van der Waals surface area contributed by atoms with Gasteiger partial charge in [0.25, 0.3) is 5.56 Å². The first-order chi connectivity index (χ1) is 19.4. The molecule has 0 aliphatic carbocycles. The average molecular weight is 531 g/mol. The van der Waals surface area contributed by atoms with E-state index in [4.69, 9.17) is 14.1 Å². The normalized spacial score (nSPS) is 12.5. The number of rotatable bonds is 7. The molecule has 0 amide bonds. The molecule has 6 rings (SSSR count). The number of para-hydroxylation sites is 2. The highest BCUT2D eigenvalue weighted by Gasteiger charge is 2.17. The predicted molar refractivity (Wildman–Crippen MR) is 160 cm³/mol. The second kappa shape index (κ2) is 10.3. The molecular weight excluding hydrogens is 500 g/mol. The van der Waals surface area contributed by atoms with Crippen molar-refractivity contribution in [3.63, 3.8) is 0 Å². The van der Waals surface area contributed by atoms with Crippen LogP contribution in [0.15, 0.2) is 99.2 Å². The van der Waals surface area contributed by atoms with Crippen LogP contribution >= 0.6 is 0 Å². The largest absolute Gasteiger partial charge is 0.491 e. The molecule has 1 atom stereocenters. The highest BCUT2D eigenvalue weighted by molar-refractivity contribution is 5.85. The van der Waals surface area contributed by atoms with Crippen molar-refractivity contribution in [1.82, 2.24) is 14.2 Å². The fourth-order valence-corrected chi connectivity index (χ4v) is 4.91. The summed E-state index contributed by atoms with van der Waals surface area (Å²) in [5.41, 5.74) is 5.03. The molecule has 0 fully saturated rings. The number of aromatic nitrogens is 3. The molecule has 0 aliphatic rings. The van der Waals surface area contributed by atoms with Gasteiger partial charge in [-0.15, -0.1) is 0 Å². The minimum Gasteiger partial charge on any atom is -0.491 e. The van der Waals surface area contributed by atoms with Crippen LogP contribution in [0.25, 0.3) is 39.1 Å². The number of hydrogen-bond acceptors (Lipinski definition) is 5. The van der Waals surface area contributed by atoms with Crippen LogP contribution in [-0.4, -0.2) is 26.5 Å². The van der Waals surface area contributed by atoms with Gasteiger partial charge >= 0.3 is 0 Å². The van der Waals surface area contributed by atoms with Crippen molar-refractivity contribution in [3.05, 3.63) is 112 Å². The Morgan fingerprint density at radius 1 is 1.00 bits per heavy atom. The third kappa shape index (κ3) is 4.60. The van der Waals surface area contributed by atoms with Gasteiger partial charge in [-0.2, -0.15) is 9.78 Å². The van der Waals surface area contributed by atoms with Crippen molar-refractivity contribution < 1.29 is 9.15 Å². The first-order valence-corrected chi connectivity index (χ1v) is 13.4. The fraction of sp³-hybridized carbons (Fsp3) is 0.182. The molecule has 0 aliphatic heterocycles. The van der Waals surface area contributed by atoms with E-state index in [9.17, 15) is 4.79 Å². The molecule has 0 saturated heterocycles. The second-order valence-corrected chi connectivity index (χ2v) is 9.96. The number of ether oxygens (including phenoxy) is 1. The van der Waals surface area contributed by atoms with Crippen LogP contribution in [0.3, 0.4) is 0 Å². The monoisotopic (exact) mass is 530 g/mol. The minimum absolute atomic E-state index is 0.168.